The third-order valence-electron chi connectivity index (χ3n) is 7.08. The van der Waals surface area contributed by atoms with Crippen LogP contribution in [-0.4, -0.2) is 111 Å². The summed E-state index contributed by atoms with van der Waals surface area (Å²) in [4.78, 5) is 35.5. The average molecular weight is 622 g/mol. The lowest BCUT2D eigenvalue weighted by atomic mass is 9.99. The van der Waals surface area contributed by atoms with Crippen LogP contribution in [0.2, 0.25) is 5.02 Å². The third kappa shape index (κ3) is 15.0. The third-order valence-corrected chi connectivity index (χ3v) is 7.33. The van der Waals surface area contributed by atoms with Crippen LogP contribution >= 0.6 is 11.6 Å². The number of hydrogen-bond donors (Lipinski definition) is 3. The summed E-state index contributed by atoms with van der Waals surface area (Å²) in [7, 11) is 6.47. The van der Waals surface area contributed by atoms with Gasteiger partial charge in [0.15, 0.2) is 0 Å². The molecule has 1 heterocycles. The Kier molecular flexibility index (Phi) is 21.2. The zero-order chi connectivity index (χ0) is 32.9. The zero-order valence-corrected chi connectivity index (χ0v) is 28.8. The molecule has 1 unspecified atom stereocenters. The van der Waals surface area contributed by atoms with Gasteiger partial charge >= 0.3 is 12.0 Å². The molecule has 2 amide bonds. The van der Waals surface area contributed by atoms with E-state index in [0.29, 0.717) is 24.0 Å². The minimum atomic E-state index is -0.579. The summed E-state index contributed by atoms with van der Waals surface area (Å²) >= 11 is 5.54. The van der Waals surface area contributed by atoms with Crippen molar-refractivity contribution in [1.82, 2.24) is 25.3 Å². The van der Waals surface area contributed by atoms with Crippen molar-refractivity contribution in [3.05, 3.63) is 46.7 Å². The first kappa shape index (κ1) is 40.2. The molecule has 1 aliphatic heterocycles. The van der Waals surface area contributed by atoms with Crippen molar-refractivity contribution in [2.24, 2.45) is 4.99 Å². The second-order valence-electron chi connectivity index (χ2n) is 10.2. The average Bonchev–Trinajstić information content (AvgIpc) is 3.02. The van der Waals surface area contributed by atoms with Crippen molar-refractivity contribution in [1.29, 1.82) is 5.41 Å². The second-order valence-corrected chi connectivity index (χ2v) is 10.7. The van der Waals surface area contributed by atoms with Gasteiger partial charge in [-0.05, 0) is 71.9 Å². The maximum absolute atomic E-state index is 12.4. The highest BCUT2D eigenvalue weighted by Gasteiger charge is 2.30. The molecule has 0 saturated carbocycles. The molecule has 43 heavy (non-hydrogen) atoms. The van der Waals surface area contributed by atoms with Gasteiger partial charge in [-0.25, -0.2) is 14.6 Å². The second kappa shape index (κ2) is 22.7. The Hall–Kier alpha value is -2.79. The van der Waals surface area contributed by atoms with Gasteiger partial charge in [0.1, 0.15) is 5.82 Å². The number of carbonyl (C=O) groups is 2. The fourth-order valence-corrected chi connectivity index (χ4v) is 4.63. The van der Waals surface area contributed by atoms with Crippen LogP contribution in [0, 0.1) is 5.41 Å². The molecule has 0 radical (unpaired) electrons. The number of esters is 1. The summed E-state index contributed by atoms with van der Waals surface area (Å²) in [5.74, 6) is -0.472. The molecular formula is C32H56ClN7O3. The van der Waals surface area contributed by atoms with Crippen molar-refractivity contribution in [3.8, 4) is 0 Å². The number of amides is 2. The quantitative estimate of drug-likeness (QED) is 0.166. The lowest BCUT2D eigenvalue weighted by Gasteiger charge is -2.42. The number of urea groups is 1. The lowest BCUT2D eigenvalue weighted by Crippen LogP contribution is -2.53. The Labute approximate surface area is 265 Å². The Balaban J connectivity index is 0.00000168. The molecule has 0 bridgehead atoms. The van der Waals surface area contributed by atoms with E-state index < -0.39 is 12.0 Å². The standard InChI is InChI=1S/C24H45N7O3.C6H5Cl.C2H6/c1-9-19(15-26-5)31(20-11-13-30(10-2)14-12-20)16-21(18(4)25)27-22(17(3)23(32)34-8)28-24(33)29(6)7;7-6-4-2-1-3-5-6;1-2/h19-20,25-26H,9-16H2,1-8H3,(H,28,33);1-5H;1-2H3/b22-17-,25-18?,27-21-;;. The van der Waals surface area contributed by atoms with Crippen molar-refractivity contribution in [2.45, 2.75) is 72.9 Å². The van der Waals surface area contributed by atoms with Crippen LogP contribution in [0.5, 0.6) is 0 Å². The number of ether oxygens (including phenoxy) is 1. The molecule has 244 valence electrons. The van der Waals surface area contributed by atoms with E-state index in [1.165, 1.54) is 12.0 Å². The van der Waals surface area contributed by atoms with E-state index in [1.807, 2.05) is 51.2 Å². The number of likely N-dealkylation sites (N-methyl/N-ethyl adjacent to an activating group) is 1. The Bertz CT molecular complexity index is 1020. The van der Waals surface area contributed by atoms with Gasteiger partial charge in [0.05, 0.1) is 24.1 Å². The predicted octanol–water partition coefficient (Wildman–Crippen LogP) is 5.29. The molecule has 1 aliphatic rings. The number of benzene rings is 1. The molecule has 0 aromatic heterocycles. The van der Waals surface area contributed by atoms with Crippen LogP contribution in [0.15, 0.2) is 46.7 Å². The Morgan fingerprint density at radius 3 is 2.12 bits per heavy atom. The van der Waals surface area contributed by atoms with Gasteiger partial charge in [-0.2, -0.15) is 0 Å². The van der Waals surface area contributed by atoms with E-state index >= 15 is 0 Å². The van der Waals surface area contributed by atoms with Gasteiger partial charge in [-0.15, -0.1) is 0 Å². The Morgan fingerprint density at radius 2 is 1.72 bits per heavy atom. The van der Waals surface area contributed by atoms with Crippen molar-refractivity contribution in [3.63, 3.8) is 0 Å². The van der Waals surface area contributed by atoms with E-state index in [4.69, 9.17) is 21.7 Å². The fraction of sp³-hybridized carbons (Fsp3) is 0.625. The first-order chi connectivity index (χ1) is 20.5. The van der Waals surface area contributed by atoms with Crippen LogP contribution < -0.4 is 10.6 Å². The number of piperidine rings is 1. The molecule has 1 fully saturated rings. The maximum atomic E-state index is 12.4. The number of hydrogen-bond acceptors (Lipinski definition) is 8. The first-order valence-corrected chi connectivity index (χ1v) is 15.6. The molecule has 10 nitrogen and oxygen atoms in total. The number of methoxy groups -OCH3 is 1. The molecule has 1 aromatic rings. The number of rotatable bonds is 12. The summed E-state index contributed by atoms with van der Waals surface area (Å²) in [6, 6.07) is 9.68. The highest BCUT2D eigenvalue weighted by molar-refractivity contribution is 6.41. The Morgan fingerprint density at radius 1 is 1.14 bits per heavy atom. The maximum Gasteiger partial charge on any atom is 0.337 e. The van der Waals surface area contributed by atoms with E-state index in [1.54, 1.807) is 27.9 Å². The van der Waals surface area contributed by atoms with Gasteiger partial charge < -0.3 is 25.3 Å². The van der Waals surface area contributed by atoms with Crippen molar-refractivity contribution < 1.29 is 14.3 Å². The number of nitrogens with one attached hydrogen (secondary N) is 3. The normalized spacial score (nSPS) is 15.2. The SMILES string of the molecule is CC.CCC(CNC)N(C/C(=N/C(NC(=O)N(C)C)=C(\C)C(=O)OC)C(C)=N)C1CCN(CC)CC1.Clc1ccccc1. The molecule has 11 heteroatoms. The topological polar surface area (TPSA) is 113 Å². The van der Waals surface area contributed by atoms with Crippen LogP contribution in [-0.2, 0) is 9.53 Å². The molecule has 2 rings (SSSR count). The van der Waals surface area contributed by atoms with Gasteiger partial charge in [-0.3, -0.25) is 10.2 Å². The number of aliphatic imine (C=N–C) groups is 1. The van der Waals surface area contributed by atoms with Crippen molar-refractivity contribution in [2.75, 3.05) is 61.0 Å². The summed E-state index contributed by atoms with van der Waals surface area (Å²) < 4.78 is 4.85. The summed E-state index contributed by atoms with van der Waals surface area (Å²) in [5, 5.41) is 15.2. The number of halogens is 1. The van der Waals surface area contributed by atoms with Crippen LogP contribution in [0.3, 0.4) is 0 Å². The van der Waals surface area contributed by atoms with Gasteiger partial charge in [-0.1, -0.05) is 57.5 Å². The van der Waals surface area contributed by atoms with E-state index in [0.717, 1.165) is 50.5 Å². The minimum absolute atomic E-state index is 0.106. The number of likely N-dealkylation sites (tertiary alicyclic amines) is 1. The minimum Gasteiger partial charge on any atom is -0.466 e. The molecule has 0 aliphatic carbocycles. The van der Waals surface area contributed by atoms with Crippen LogP contribution in [0.1, 0.15) is 60.8 Å². The summed E-state index contributed by atoms with van der Waals surface area (Å²) in [6.07, 6.45) is 3.07. The largest absolute Gasteiger partial charge is 0.466 e. The highest BCUT2D eigenvalue weighted by atomic mass is 35.5. The van der Waals surface area contributed by atoms with Gasteiger partial charge in [0, 0.05) is 44.3 Å². The molecule has 3 N–H and O–H groups in total. The van der Waals surface area contributed by atoms with Crippen molar-refractivity contribution >= 4 is 35.0 Å². The van der Waals surface area contributed by atoms with Crippen LogP contribution in [0.4, 0.5) is 4.79 Å². The zero-order valence-electron chi connectivity index (χ0n) is 28.1. The monoisotopic (exact) mass is 621 g/mol. The lowest BCUT2D eigenvalue weighted by molar-refractivity contribution is -0.136. The van der Waals surface area contributed by atoms with Gasteiger partial charge in [0.2, 0.25) is 0 Å². The summed E-state index contributed by atoms with van der Waals surface area (Å²) in [6.45, 7) is 16.1. The van der Waals surface area contributed by atoms with E-state index in [2.05, 4.69) is 39.3 Å². The molecular weight excluding hydrogens is 566 g/mol. The number of carbonyl (C=O) groups excluding carboxylic acids is 2. The predicted molar refractivity (Wildman–Crippen MR) is 180 cm³/mol. The fourth-order valence-electron chi connectivity index (χ4n) is 4.48. The molecule has 0 spiro atoms. The smallest absolute Gasteiger partial charge is 0.337 e. The van der Waals surface area contributed by atoms with Crippen LogP contribution in [0.25, 0.3) is 0 Å². The van der Waals surface area contributed by atoms with Gasteiger partial charge in [0.25, 0.3) is 0 Å². The van der Waals surface area contributed by atoms with E-state index in [-0.39, 0.29) is 17.4 Å². The molecule has 1 aromatic carbocycles. The highest BCUT2D eigenvalue weighted by Crippen LogP contribution is 2.21. The molecule has 1 atom stereocenters. The molecule has 1 saturated heterocycles. The first-order valence-electron chi connectivity index (χ1n) is 15.2. The summed E-state index contributed by atoms with van der Waals surface area (Å²) in [5.41, 5.74) is 0.996. The number of nitrogens with zero attached hydrogens (tertiary/aromatic N) is 4. The van der Waals surface area contributed by atoms with E-state index in [9.17, 15) is 9.59 Å².